The summed E-state index contributed by atoms with van der Waals surface area (Å²) in [5, 5.41) is 23.4. The number of nitrogens with zero attached hydrogens (tertiary/aromatic N) is 3. The molecule has 19 heavy (non-hydrogen) atoms. The molecule has 0 saturated heterocycles. The van der Waals surface area contributed by atoms with Crippen molar-refractivity contribution < 1.29 is 14.8 Å². The molecule has 3 N–H and O–H groups in total. The normalized spacial score (nSPS) is 10.4. The number of aromatic nitrogens is 2. The summed E-state index contributed by atoms with van der Waals surface area (Å²) in [6.45, 7) is 0. The second-order valence-electron chi connectivity index (χ2n) is 3.55. The highest BCUT2D eigenvalue weighted by molar-refractivity contribution is 6.32. The molecule has 1 aromatic carbocycles. The number of anilines is 1. The second-order valence-corrected chi connectivity index (χ2v) is 3.96. The standard InChI is InChI=1S/C10H7ClN4O4/c11-7-2-1-5(3-8(7)15(18)19)14-9(12)6(4-13-14)10(16)17/h1-4H,12H2,(H,16,17). The molecule has 0 unspecified atom stereocenters. The number of rotatable bonds is 3. The van der Waals surface area contributed by atoms with Gasteiger partial charge in [0.25, 0.3) is 5.69 Å². The average Bonchev–Trinajstić information content (AvgIpc) is 2.71. The van der Waals surface area contributed by atoms with Gasteiger partial charge in [-0.15, -0.1) is 0 Å². The first-order chi connectivity index (χ1) is 8.91. The quantitative estimate of drug-likeness (QED) is 0.652. The van der Waals surface area contributed by atoms with Crippen LogP contribution in [0, 0.1) is 10.1 Å². The molecule has 0 fully saturated rings. The molecule has 0 spiro atoms. The topological polar surface area (TPSA) is 124 Å². The molecule has 0 bridgehead atoms. The lowest BCUT2D eigenvalue weighted by atomic mass is 10.2. The number of nitro groups is 1. The van der Waals surface area contributed by atoms with E-state index < -0.39 is 10.9 Å². The van der Waals surface area contributed by atoms with Crippen LogP contribution < -0.4 is 5.73 Å². The summed E-state index contributed by atoms with van der Waals surface area (Å²) in [7, 11) is 0. The Balaban J connectivity index is 2.57. The van der Waals surface area contributed by atoms with Crippen molar-refractivity contribution in [2.45, 2.75) is 0 Å². The fraction of sp³-hybridized carbons (Fsp3) is 0. The Hall–Kier alpha value is -2.61. The van der Waals surface area contributed by atoms with Crippen molar-refractivity contribution in [2.75, 3.05) is 5.73 Å². The minimum atomic E-state index is -1.23. The zero-order valence-electron chi connectivity index (χ0n) is 9.28. The molecular weight excluding hydrogens is 276 g/mol. The fourth-order valence-corrected chi connectivity index (χ4v) is 1.69. The molecule has 0 radical (unpaired) electrons. The molecule has 0 aliphatic heterocycles. The van der Waals surface area contributed by atoms with E-state index in [0.29, 0.717) is 0 Å². The summed E-state index contributed by atoms with van der Waals surface area (Å²) >= 11 is 5.68. The number of nitrogens with two attached hydrogens (primary N) is 1. The van der Waals surface area contributed by atoms with Crippen LogP contribution in [0.15, 0.2) is 24.4 Å². The third-order valence-corrected chi connectivity index (χ3v) is 2.73. The van der Waals surface area contributed by atoms with E-state index in [1.54, 1.807) is 0 Å². The Labute approximate surface area is 111 Å². The highest BCUT2D eigenvalue weighted by atomic mass is 35.5. The van der Waals surface area contributed by atoms with Crippen molar-refractivity contribution in [1.29, 1.82) is 0 Å². The van der Waals surface area contributed by atoms with Gasteiger partial charge >= 0.3 is 5.97 Å². The summed E-state index contributed by atoms with van der Waals surface area (Å²) in [5.41, 5.74) is 5.37. The number of carboxylic acids is 1. The molecular formula is C10H7ClN4O4. The molecule has 1 heterocycles. The molecule has 8 nitrogen and oxygen atoms in total. The third kappa shape index (κ3) is 2.20. The van der Waals surface area contributed by atoms with E-state index in [1.165, 1.54) is 12.1 Å². The van der Waals surface area contributed by atoms with Gasteiger partial charge in [-0.2, -0.15) is 5.10 Å². The molecule has 9 heteroatoms. The molecule has 0 saturated carbocycles. The Morgan fingerprint density at radius 2 is 2.21 bits per heavy atom. The highest BCUT2D eigenvalue weighted by Crippen LogP contribution is 2.28. The maximum Gasteiger partial charge on any atom is 0.341 e. The number of benzene rings is 1. The van der Waals surface area contributed by atoms with Crippen LogP contribution in [0.5, 0.6) is 0 Å². The summed E-state index contributed by atoms with van der Waals surface area (Å²) in [6, 6.07) is 3.93. The predicted molar refractivity (Wildman–Crippen MR) is 66.6 cm³/mol. The van der Waals surface area contributed by atoms with Crippen LogP contribution in [0.2, 0.25) is 5.02 Å². The summed E-state index contributed by atoms with van der Waals surface area (Å²) < 4.78 is 1.09. The molecule has 0 atom stereocenters. The number of aromatic carboxylic acids is 1. The van der Waals surface area contributed by atoms with Crippen molar-refractivity contribution in [3.63, 3.8) is 0 Å². The van der Waals surface area contributed by atoms with Crippen LogP contribution in [0.25, 0.3) is 5.69 Å². The monoisotopic (exact) mass is 282 g/mol. The van der Waals surface area contributed by atoms with Gasteiger partial charge < -0.3 is 10.8 Å². The smallest absolute Gasteiger partial charge is 0.341 e. The van der Waals surface area contributed by atoms with Gasteiger partial charge in [0.1, 0.15) is 16.4 Å². The second kappa shape index (κ2) is 4.58. The van der Waals surface area contributed by atoms with Gasteiger partial charge in [-0.1, -0.05) is 11.6 Å². The maximum atomic E-state index is 10.8. The van der Waals surface area contributed by atoms with Crippen molar-refractivity contribution in [2.24, 2.45) is 0 Å². The number of carbonyl (C=O) groups is 1. The van der Waals surface area contributed by atoms with Gasteiger partial charge in [-0.25, -0.2) is 9.48 Å². The van der Waals surface area contributed by atoms with Gasteiger partial charge in [0.05, 0.1) is 16.8 Å². The van der Waals surface area contributed by atoms with Crippen LogP contribution in [-0.4, -0.2) is 25.8 Å². The highest BCUT2D eigenvalue weighted by Gasteiger charge is 2.18. The Morgan fingerprint density at radius 1 is 1.53 bits per heavy atom. The Kier molecular flexibility index (Phi) is 3.09. The van der Waals surface area contributed by atoms with E-state index >= 15 is 0 Å². The van der Waals surface area contributed by atoms with Crippen LogP contribution >= 0.6 is 11.6 Å². The molecule has 98 valence electrons. The molecule has 2 rings (SSSR count). The SMILES string of the molecule is Nc1c(C(=O)O)cnn1-c1ccc(Cl)c([N+](=O)[O-])c1. The molecule has 0 amide bonds. The fourth-order valence-electron chi connectivity index (χ4n) is 1.50. The largest absolute Gasteiger partial charge is 0.477 e. The summed E-state index contributed by atoms with van der Waals surface area (Å²) in [5.74, 6) is -1.35. The van der Waals surface area contributed by atoms with Crippen molar-refractivity contribution >= 4 is 29.1 Å². The van der Waals surface area contributed by atoms with Gasteiger partial charge in [0, 0.05) is 6.07 Å². The Bertz CT molecular complexity index is 682. The Morgan fingerprint density at radius 3 is 2.74 bits per heavy atom. The molecule has 0 aliphatic rings. The number of halogens is 1. The molecule has 0 aliphatic carbocycles. The number of nitrogen functional groups attached to an aromatic ring is 1. The first-order valence-electron chi connectivity index (χ1n) is 4.93. The number of hydrogen-bond donors (Lipinski definition) is 2. The van der Waals surface area contributed by atoms with E-state index in [4.69, 9.17) is 22.4 Å². The lowest BCUT2D eigenvalue weighted by Crippen LogP contribution is -2.06. The number of carboxylic acid groups (broad SMARTS) is 1. The zero-order valence-corrected chi connectivity index (χ0v) is 10.0. The van der Waals surface area contributed by atoms with E-state index in [-0.39, 0.29) is 27.8 Å². The summed E-state index contributed by atoms with van der Waals surface area (Å²) in [6.07, 6.45) is 1.07. The first-order valence-corrected chi connectivity index (χ1v) is 5.30. The molecule has 2 aromatic rings. The predicted octanol–water partition coefficient (Wildman–Crippen LogP) is 1.71. The van der Waals surface area contributed by atoms with Crippen LogP contribution in [-0.2, 0) is 0 Å². The van der Waals surface area contributed by atoms with Gasteiger partial charge in [0.15, 0.2) is 0 Å². The van der Waals surface area contributed by atoms with Crippen molar-refractivity contribution in [3.05, 3.63) is 45.1 Å². The van der Waals surface area contributed by atoms with Crippen molar-refractivity contribution in [1.82, 2.24) is 9.78 Å². The van der Waals surface area contributed by atoms with E-state index in [0.717, 1.165) is 16.9 Å². The van der Waals surface area contributed by atoms with E-state index in [2.05, 4.69) is 5.10 Å². The van der Waals surface area contributed by atoms with Gasteiger partial charge in [-0.05, 0) is 12.1 Å². The first kappa shape index (κ1) is 12.8. The van der Waals surface area contributed by atoms with Crippen LogP contribution in [0.4, 0.5) is 11.5 Å². The third-order valence-electron chi connectivity index (χ3n) is 2.41. The summed E-state index contributed by atoms with van der Waals surface area (Å²) in [4.78, 5) is 21.0. The maximum absolute atomic E-state index is 10.8. The van der Waals surface area contributed by atoms with Gasteiger partial charge in [0.2, 0.25) is 0 Å². The van der Waals surface area contributed by atoms with E-state index in [9.17, 15) is 14.9 Å². The van der Waals surface area contributed by atoms with Crippen molar-refractivity contribution in [3.8, 4) is 5.69 Å². The average molecular weight is 283 g/mol. The number of hydrogen-bond acceptors (Lipinski definition) is 5. The molecule has 1 aromatic heterocycles. The lowest BCUT2D eigenvalue weighted by Gasteiger charge is -2.04. The van der Waals surface area contributed by atoms with Crippen LogP contribution in [0.3, 0.4) is 0 Å². The van der Waals surface area contributed by atoms with Crippen LogP contribution in [0.1, 0.15) is 10.4 Å². The minimum absolute atomic E-state index is 0.0297. The van der Waals surface area contributed by atoms with E-state index in [1.807, 2.05) is 0 Å². The number of nitro benzene ring substituents is 1. The minimum Gasteiger partial charge on any atom is -0.477 e. The zero-order chi connectivity index (χ0) is 14.2. The lowest BCUT2D eigenvalue weighted by molar-refractivity contribution is -0.384. The van der Waals surface area contributed by atoms with Gasteiger partial charge in [-0.3, -0.25) is 10.1 Å².